The minimum Gasteiger partial charge on any atom is -0.454 e. The molecule has 21 heavy (non-hydrogen) atoms. The Morgan fingerprint density at radius 2 is 2.14 bits per heavy atom. The molecule has 0 amide bonds. The van der Waals surface area contributed by atoms with Crippen molar-refractivity contribution >= 4 is 27.5 Å². The van der Waals surface area contributed by atoms with Crippen molar-refractivity contribution in [1.82, 2.24) is 10.3 Å². The molecule has 1 heterocycles. The molecule has 2 aromatic rings. The monoisotopic (exact) mass is 370 g/mol. The highest BCUT2D eigenvalue weighted by molar-refractivity contribution is 9.10. The number of nitrogens with zero attached hydrogens (tertiary/aromatic N) is 1. The number of hydrogen-bond acceptors (Lipinski definition) is 4. The van der Waals surface area contributed by atoms with E-state index in [1.165, 1.54) is 0 Å². The van der Waals surface area contributed by atoms with E-state index >= 15 is 0 Å². The number of pyridine rings is 1. The van der Waals surface area contributed by atoms with Crippen molar-refractivity contribution in [2.45, 2.75) is 6.54 Å². The first-order chi connectivity index (χ1) is 10.2. The SMILES string of the molecule is COCCNCc1ccc(Oc2cncc(Br)c2)c(Cl)c1. The van der Waals surface area contributed by atoms with Gasteiger partial charge in [0.05, 0.1) is 17.8 Å². The number of benzene rings is 1. The molecule has 0 aliphatic rings. The maximum atomic E-state index is 6.25. The fourth-order valence-corrected chi connectivity index (χ4v) is 2.30. The van der Waals surface area contributed by atoms with Crippen LogP contribution in [0.5, 0.6) is 11.5 Å². The minimum absolute atomic E-state index is 0.570. The van der Waals surface area contributed by atoms with Gasteiger partial charge in [0.25, 0.3) is 0 Å². The Balaban J connectivity index is 1.98. The van der Waals surface area contributed by atoms with Gasteiger partial charge in [-0.15, -0.1) is 0 Å². The number of aromatic nitrogens is 1. The van der Waals surface area contributed by atoms with Gasteiger partial charge < -0.3 is 14.8 Å². The first-order valence-electron chi connectivity index (χ1n) is 6.45. The van der Waals surface area contributed by atoms with Crippen LogP contribution in [0.25, 0.3) is 0 Å². The van der Waals surface area contributed by atoms with E-state index in [0.717, 1.165) is 23.1 Å². The Hall–Kier alpha value is -1.14. The molecule has 0 atom stereocenters. The van der Waals surface area contributed by atoms with Gasteiger partial charge in [-0.3, -0.25) is 4.98 Å². The Labute approximate surface area is 137 Å². The second-order valence-electron chi connectivity index (χ2n) is 4.38. The highest BCUT2D eigenvalue weighted by Crippen LogP contribution is 2.30. The molecule has 112 valence electrons. The molecule has 0 aliphatic heterocycles. The van der Waals surface area contributed by atoms with Gasteiger partial charge >= 0.3 is 0 Å². The quantitative estimate of drug-likeness (QED) is 0.746. The molecular weight excluding hydrogens is 356 g/mol. The van der Waals surface area contributed by atoms with Crippen LogP contribution < -0.4 is 10.1 Å². The van der Waals surface area contributed by atoms with E-state index in [2.05, 4.69) is 26.2 Å². The number of rotatable bonds is 7. The van der Waals surface area contributed by atoms with Gasteiger partial charge in [0, 0.05) is 30.9 Å². The number of hydrogen-bond donors (Lipinski definition) is 1. The van der Waals surface area contributed by atoms with Crippen molar-refractivity contribution in [2.75, 3.05) is 20.3 Å². The molecule has 6 heteroatoms. The van der Waals surface area contributed by atoms with Crippen LogP contribution in [0.3, 0.4) is 0 Å². The molecule has 0 saturated carbocycles. The molecule has 1 aromatic carbocycles. The van der Waals surface area contributed by atoms with Gasteiger partial charge in [-0.1, -0.05) is 17.7 Å². The van der Waals surface area contributed by atoms with Crippen LogP contribution in [0.15, 0.2) is 41.1 Å². The van der Waals surface area contributed by atoms with E-state index in [1.54, 1.807) is 19.5 Å². The molecule has 1 N–H and O–H groups in total. The molecule has 0 unspecified atom stereocenters. The van der Waals surface area contributed by atoms with Crippen LogP contribution in [-0.2, 0) is 11.3 Å². The van der Waals surface area contributed by atoms with Crippen molar-refractivity contribution in [1.29, 1.82) is 0 Å². The van der Waals surface area contributed by atoms with Crippen LogP contribution in [0, 0.1) is 0 Å². The highest BCUT2D eigenvalue weighted by atomic mass is 79.9. The standard InChI is InChI=1S/C15H16BrClN2O2/c1-20-5-4-18-8-11-2-3-15(14(17)6-11)21-13-7-12(16)9-19-10-13/h2-3,6-7,9-10,18H,4-5,8H2,1H3. The van der Waals surface area contributed by atoms with Gasteiger partial charge in [-0.2, -0.15) is 0 Å². The molecule has 2 rings (SSSR count). The average molecular weight is 372 g/mol. The van der Waals surface area contributed by atoms with E-state index in [0.29, 0.717) is 23.1 Å². The fraction of sp³-hybridized carbons (Fsp3) is 0.267. The molecule has 0 spiro atoms. The number of halogens is 2. The van der Waals surface area contributed by atoms with Crippen molar-refractivity contribution in [3.63, 3.8) is 0 Å². The Morgan fingerprint density at radius 3 is 2.86 bits per heavy atom. The lowest BCUT2D eigenvalue weighted by atomic mass is 10.2. The zero-order valence-corrected chi connectivity index (χ0v) is 13.9. The summed E-state index contributed by atoms with van der Waals surface area (Å²) in [5.41, 5.74) is 1.09. The van der Waals surface area contributed by atoms with Crippen LogP contribution in [-0.4, -0.2) is 25.2 Å². The summed E-state index contributed by atoms with van der Waals surface area (Å²) in [7, 11) is 1.68. The summed E-state index contributed by atoms with van der Waals surface area (Å²) in [6, 6.07) is 7.56. The minimum atomic E-state index is 0.570. The summed E-state index contributed by atoms with van der Waals surface area (Å²) in [5, 5.41) is 3.84. The summed E-state index contributed by atoms with van der Waals surface area (Å²) in [6.45, 7) is 2.22. The average Bonchev–Trinajstić information content (AvgIpc) is 2.46. The fourth-order valence-electron chi connectivity index (χ4n) is 1.72. The molecule has 0 aliphatic carbocycles. The summed E-state index contributed by atoms with van der Waals surface area (Å²) in [4.78, 5) is 4.05. The van der Waals surface area contributed by atoms with Crippen LogP contribution >= 0.6 is 27.5 Å². The molecule has 0 bridgehead atoms. The van der Waals surface area contributed by atoms with Gasteiger partial charge in [0.2, 0.25) is 0 Å². The van der Waals surface area contributed by atoms with Gasteiger partial charge in [0.1, 0.15) is 11.5 Å². The third-order valence-corrected chi connectivity index (χ3v) is 3.45. The second-order valence-corrected chi connectivity index (χ2v) is 5.70. The van der Waals surface area contributed by atoms with Crippen molar-refractivity contribution < 1.29 is 9.47 Å². The van der Waals surface area contributed by atoms with Crippen LogP contribution in [0.2, 0.25) is 5.02 Å². The number of methoxy groups -OCH3 is 1. The maximum Gasteiger partial charge on any atom is 0.146 e. The summed E-state index contributed by atoms with van der Waals surface area (Å²) < 4.78 is 11.6. The first-order valence-corrected chi connectivity index (χ1v) is 7.62. The van der Waals surface area contributed by atoms with Crippen molar-refractivity contribution in [3.05, 3.63) is 51.7 Å². The lowest BCUT2D eigenvalue weighted by Crippen LogP contribution is -2.18. The predicted octanol–water partition coefficient (Wildman–Crippen LogP) is 4.03. The van der Waals surface area contributed by atoms with E-state index in [9.17, 15) is 0 Å². The molecular formula is C15H16BrClN2O2. The Morgan fingerprint density at radius 1 is 1.29 bits per heavy atom. The van der Waals surface area contributed by atoms with E-state index in [4.69, 9.17) is 21.1 Å². The second kappa shape index (κ2) is 8.34. The van der Waals surface area contributed by atoms with Gasteiger partial charge in [-0.25, -0.2) is 0 Å². The smallest absolute Gasteiger partial charge is 0.146 e. The summed E-state index contributed by atoms with van der Waals surface area (Å²) in [6.07, 6.45) is 3.34. The molecule has 1 aromatic heterocycles. The first kappa shape index (κ1) is 16.2. The Bertz CT molecular complexity index is 596. The maximum absolute atomic E-state index is 6.25. The number of ether oxygens (including phenoxy) is 2. The molecule has 4 nitrogen and oxygen atoms in total. The molecule has 0 saturated heterocycles. The van der Waals surface area contributed by atoms with Crippen LogP contribution in [0.1, 0.15) is 5.56 Å². The predicted molar refractivity (Wildman–Crippen MR) is 87.0 cm³/mol. The number of nitrogens with one attached hydrogen (secondary N) is 1. The largest absolute Gasteiger partial charge is 0.454 e. The highest BCUT2D eigenvalue weighted by Gasteiger charge is 2.05. The van der Waals surface area contributed by atoms with E-state index in [-0.39, 0.29) is 0 Å². The zero-order valence-electron chi connectivity index (χ0n) is 11.6. The Kier molecular flexibility index (Phi) is 6.45. The van der Waals surface area contributed by atoms with Gasteiger partial charge in [-0.05, 0) is 39.7 Å². The topological polar surface area (TPSA) is 43.4 Å². The summed E-state index contributed by atoms with van der Waals surface area (Å²) in [5.74, 6) is 1.24. The third-order valence-electron chi connectivity index (χ3n) is 2.72. The normalized spacial score (nSPS) is 10.6. The van der Waals surface area contributed by atoms with E-state index in [1.807, 2.05) is 24.3 Å². The van der Waals surface area contributed by atoms with Gasteiger partial charge in [0.15, 0.2) is 0 Å². The van der Waals surface area contributed by atoms with Crippen molar-refractivity contribution in [3.8, 4) is 11.5 Å². The van der Waals surface area contributed by atoms with Crippen LogP contribution in [0.4, 0.5) is 0 Å². The zero-order chi connectivity index (χ0) is 15.1. The molecule has 0 fully saturated rings. The van der Waals surface area contributed by atoms with E-state index < -0.39 is 0 Å². The third kappa shape index (κ3) is 5.28. The summed E-state index contributed by atoms with van der Waals surface area (Å²) >= 11 is 9.60. The lowest BCUT2D eigenvalue weighted by molar-refractivity contribution is 0.199. The lowest BCUT2D eigenvalue weighted by Gasteiger charge is -2.10. The van der Waals surface area contributed by atoms with Crippen molar-refractivity contribution in [2.24, 2.45) is 0 Å². The molecule has 0 radical (unpaired) electrons.